The molecule has 4 rings (SSSR count). The maximum atomic E-state index is 12.2. The van der Waals surface area contributed by atoms with Gasteiger partial charge in [0, 0.05) is 19.3 Å². The Morgan fingerprint density at radius 1 is 1.14 bits per heavy atom. The third-order valence-electron chi connectivity index (χ3n) is 4.70. The number of amides is 1. The maximum absolute atomic E-state index is 12.2. The molecular weight excluding hydrogens is 657 g/mol. The number of hydrazone groups is 1. The SMILES string of the molecule is Nn1c(N/N=C/c2ccccc2OCc2cccc(Br)c2)nnc1SCC(=O)Nc1ccc(I)cc1. The summed E-state index contributed by atoms with van der Waals surface area (Å²) in [5.74, 6) is 6.95. The second-order valence-electron chi connectivity index (χ2n) is 7.35. The number of anilines is 2. The number of halogens is 2. The molecule has 0 spiro atoms. The Kier molecular flexibility index (Phi) is 9.19. The molecule has 1 amide bonds. The van der Waals surface area contributed by atoms with E-state index in [9.17, 15) is 4.79 Å². The number of rotatable bonds is 10. The molecule has 3 aromatic carbocycles. The number of nitrogens with zero attached hydrogens (tertiary/aromatic N) is 4. The van der Waals surface area contributed by atoms with Gasteiger partial charge in [0.1, 0.15) is 12.4 Å². The molecule has 184 valence electrons. The van der Waals surface area contributed by atoms with Gasteiger partial charge in [-0.05, 0) is 76.7 Å². The van der Waals surface area contributed by atoms with Crippen molar-refractivity contribution in [2.24, 2.45) is 5.10 Å². The molecule has 0 radical (unpaired) electrons. The molecule has 12 heteroatoms. The van der Waals surface area contributed by atoms with Gasteiger partial charge < -0.3 is 15.9 Å². The summed E-state index contributed by atoms with van der Waals surface area (Å²) in [6.45, 7) is 0.423. The number of nitrogens with two attached hydrogens (primary N) is 1. The lowest BCUT2D eigenvalue weighted by Crippen LogP contribution is -2.16. The molecule has 36 heavy (non-hydrogen) atoms. The van der Waals surface area contributed by atoms with Crippen LogP contribution in [0.2, 0.25) is 0 Å². The molecular formula is C24H21BrIN7O2S. The summed E-state index contributed by atoms with van der Waals surface area (Å²) in [5.41, 5.74) is 5.34. The van der Waals surface area contributed by atoms with Crippen molar-refractivity contribution >= 4 is 74.0 Å². The Labute approximate surface area is 234 Å². The number of hydrogen-bond donors (Lipinski definition) is 3. The van der Waals surface area contributed by atoms with E-state index in [2.05, 4.69) is 64.6 Å². The largest absolute Gasteiger partial charge is 0.488 e. The Hall–Kier alpha value is -3.10. The third kappa shape index (κ3) is 7.45. The van der Waals surface area contributed by atoms with Crippen LogP contribution in [0.3, 0.4) is 0 Å². The van der Waals surface area contributed by atoms with Crippen molar-refractivity contribution in [3.05, 3.63) is 92.0 Å². The number of carbonyl (C=O) groups excluding carboxylic acids is 1. The molecule has 4 aromatic rings. The number of aromatic nitrogens is 3. The van der Waals surface area contributed by atoms with E-state index in [-0.39, 0.29) is 17.6 Å². The Balaban J connectivity index is 1.31. The highest BCUT2D eigenvalue weighted by atomic mass is 127. The fourth-order valence-electron chi connectivity index (χ4n) is 2.98. The number of nitrogen functional groups attached to an aromatic ring is 1. The highest BCUT2D eigenvalue weighted by Crippen LogP contribution is 2.20. The summed E-state index contributed by atoms with van der Waals surface area (Å²) >= 11 is 6.85. The van der Waals surface area contributed by atoms with E-state index >= 15 is 0 Å². The summed E-state index contributed by atoms with van der Waals surface area (Å²) < 4.78 is 9.31. The molecule has 4 N–H and O–H groups in total. The molecule has 0 atom stereocenters. The zero-order chi connectivity index (χ0) is 25.3. The number of thioether (sulfide) groups is 1. The Bertz CT molecular complexity index is 1360. The average Bonchev–Trinajstić information content (AvgIpc) is 3.23. The minimum Gasteiger partial charge on any atom is -0.488 e. The summed E-state index contributed by atoms with van der Waals surface area (Å²) in [4.78, 5) is 12.2. The second-order valence-corrected chi connectivity index (χ2v) is 10.5. The van der Waals surface area contributed by atoms with Crippen LogP contribution in [-0.4, -0.2) is 32.7 Å². The van der Waals surface area contributed by atoms with Crippen LogP contribution in [-0.2, 0) is 11.4 Å². The van der Waals surface area contributed by atoms with Crippen LogP contribution in [0.25, 0.3) is 0 Å². The van der Waals surface area contributed by atoms with Crippen molar-refractivity contribution in [3.8, 4) is 5.75 Å². The van der Waals surface area contributed by atoms with Crippen molar-refractivity contribution in [2.45, 2.75) is 11.8 Å². The highest BCUT2D eigenvalue weighted by molar-refractivity contribution is 14.1. The van der Waals surface area contributed by atoms with Crippen LogP contribution < -0.4 is 21.3 Å². The van der Waals surface area contributed by atoms with Crippen LogP contribution in [0.1, 0.15) is 11.1 Å². The second kappa shape index (κ2) is 12.7. The maximum Gasteiger partial charge on any atom is 0.264 e. The molecule has 0 saturated heterocycles. The zero-order valence-corrected chi connectivity index (χ0v) is 23.3. The monoisotopic (exact) mass is 677 g/mol. The standard InChI is InChI=1S/C24H21BrIN7O2S/c25-18-6-3-4-16(12-18)14-35-21-7-2-1-5-17(21)13-28-30-23-31-32-24(33(23)27)36-15-22(34)29-20-10-8-19(26)9-11-20/h1-13H,14-15,27H2,(H,29,34)(H,30,31)/b28-13+. The van der Waals surface area contributed by atoms with E-state index < -0.39 is 0 Å². The van der Waals surface area contributed by atoms with Gasteiger partial charge in [-0.3, -0.25) is 4.79 Å². The van der Waals surface area contributed by atoms with Gasteiger partial charge in [0.25, 0.3) is 5.95 Å². The first-order valence-electron chi connectivity index (χ1n) is 10.6. The number of benzene rings is 3. The Morgan fingerprint density at radius 3 is 2.75 bits per heavy atom. The van der Waals surface area contributed by atoms with E-state index in [1.54, 1.807) is 6.21 Å². The summed E-state index contributed by atoms with van der Waals surface area (Å²) in [5, 5.41) is 15.5. The van der Waals surface area contributed by atoms with E-state index in [4.69, 9.17) is 10.6 Å². The summed E-state index contributed by atoms with van der Waals surface area (Å²) in [6.07, 6.45) is 1.62. The molecule has 9 nitrogen and oxygen atoms in total. The molecule has 0 fully saturated rings. The predicted molar refractivity (Wildman–Crippen MR) is 155 cm³/mol. The molecule has 0 aliphatic carbocycles. The first-order chi connectivity index (χ1) is 17.5. The van der Waals surface area contributed by atoms with Gasteiger partial charge in [0.15, 0.2) is 0 Å². The highest BCUT2D eigenvalue weighted by Gasteiger charge is 2.12. The fraction of sp³-hybridized carbons (Fsp3) is 0.0833. The lowest BCUT2D eigenvalue weighted by Gasteiger charge is -2.09. The third-order valence-corrected chi connectivity index (χ3v) is 6.85. The summed E-state index contributed by atoms with van der Waals surface area (Å²) in [6, 6.07) is 23.0. The van der Waals surface area contributed by atoms with Crippen molar-refractivity contribution in [3.63, 3.8) is 0 Å². The number of nitrogens with one attached hydrogen (secondary N) is 2. The van der Waals surface area contributed by atoms with Crippen LogP contribution >= 0.6 is 50.3 Å². The van der Waals surface area contributed by atoms with Crippen LogP contribution in [0.15, 0.2) is 87.5 Å². The summed E-state index contributed by atoms with van der Waals surface area (Å²) in [7, 11) is 0. The van der Waals surface area contributed by atoms with Gasteiger partial charge in [0.05, 0.1) is 12.0 Å². The molecule has 1 aromatic heterocycles. The lowest BCUT2D eigenvalue weighted by atomic mass is 10.2. The molecule has 0 unspecified atom stereocenters. The van der Waals surface area contributed by atoms with E-state index in [0.717, 1.165) is 24.9 Å². The minimum absolute atomic E-state index is 0.132. The molecule has 0 saturated carbocycles. The minimum atomic E-state index is -0.170. The van der Waals surface area contributed by atoms with Crippen molar-refractivity contribution in [1.29, 1.82) is 0 Å². The van der Waals surface area contributed by atoms with Gasteiger partial charge in [-0.25, -0.2) is 10.1 Å². The fourth-order valence-corrected chi connectivity index (χ4v) is 4.44. The van der Waals surface area contributed by atoms with Gasteiger partial charge in [-0.1, -0.05) is 52.0 Å². The number of carbonyl (C=O) groups is 1. The van der Waals surface area contributed by atoms with Crippen molar-refractivity contribution in [1.82, 2.24) is 14.9 Å². The number of hydrogen-bond acceptors (Lipinski definition) is 8. The molecule has 0 aliphatic heterocycles. The number of para-hydroxylation sites is 1. The first kappa shape index (κ1) is 26.0. The quantitative estimate of drug-likeness (QED) is 0.0702. The number of ether oxygens (including phenoxy) is 1. The van der Waals surface area contributed by atoms with E-state index in [0.29, 0.717) is 17.5 Å². The van der Waals surface area contributed by atoms with Crippen molar-refractivity contribution < 1.29 is 9.53 Å². The van der Waals surface area contributed by atoms with E-state index in [1.807, 2.05) is 72.8 Å². The van der Waals surface area contributed by atoms with Gasteiger partial charge in [0.2, 0.25) is 11.1 Å². The van der Waals surface area contributed by atoms with Crippen LogP contribution in [0.4, 0.5) is 11.6 Å². The average molecular weight is 678 g/mol. The van der Waals surface area contributed by atoms with Crippen molar-refractivity contribution in [2.75, 3.05) is 22.3 Å². The van der Waals surface area contributed by atoms with E-state index in [1.165, 1.54) is 16.4 Å². The zero-order valence-electron chi connectivity index (χ0n) is 18.8. The van der Waals surface area contributed by atoms with Gasteiger partial charge >= 0.3 is 0 Å². The Morgan fingerprint density at radius 2 is 1.94 bits per heavy atom. The first-order valence-corrected chi connectivity index (χ1v) is 13.5. The van der Waals surface area contributed by atoms with Gasteiger partial charge in [-0.2, -0.15) is 5.10 Å². The molecule has 1 heterocycles. The predicted octanol–water partition coefficient (Wildman–Crippen LogP) is 5.11. The normalized spacial score (nSPS) is 10.9. The topological polar surface area (TPSA) is 119 Å². The molecule has 0 aliphatic rings. The molecule has 0 bridgehead atoms. The lowest BCUT2D eigenvalue weighted by molar-refractivity contribution is -0.113. The van der Waals surface area contributed by atoms with Crippen LogP contribution in [0.5, 0.6) is 5.75 Å². The smallest absolute Gasteiger partial charge is 0.264 e. The van der Waals surface area contributed by atoms with Gasteiger partial charge in [-0.15, -0.1) is 10.2 Å². The van der Waals surface area contributed by atoms with Crippen LogP contribution in [0, 0.1) is 3.57 Å².